The lowest BCUT2D eigenvalue weighted by atomic mass is 10.2. The van der Waals surface area contributed by atoms with Crippen LogP contribution in [0.4, 0.5) is 4.39 Å². The molecule has 1 aromatic carbocycles. The lowest BCUT2D eigenvalue weighted by Crippen LogP contribution is -2.31. The predicted molar refractivity (Wildman–Crippen MR) is 58.2 cm³/mol. The first-order chi connectivity index (χ1) is 7.29. The van der Waals surface area contributed by atoms with Crippen LogP contribution in [-0.2, 0) is 11.0 Å². The zero-order valence-corrected chi connectivity index (χ0v) is 9.30. The van der Waals surface area contributed by atoms with E-state index in [0.29, 0.717) is 4.90 Å². The maximum absolute atomic E-state index is 13.4. The number of hydrogen-bond acceptors (Lipinski definition) is 1. The molecule has 2 rings (SSSR count). The van der Waals surface area contributed by atoms with Gasteiger partial charge in [-0.1, -0.05) is 18.6 Å². The molecule has 0 saturated carbocycles. The average Bonchev–Trinajstić information content (AvgIpc) is 2.30. The second-order valence-electron chi connectivity index (χ2n) is 3.67. The van der Waals surface area contributed by atoms with Gasteiger partial charge in [-0.05, 0) is 25.0 Å². The average molecular weight is 227 g/mol. The molecule has 15 heavy (non-hydrogen) atoms. The molecule has 0 radical (unpaired) electrons. The molecule has 1 aromatic rings. The molecule has 1 heterocycles. The van der Waals surface area contributed by atoms with E-state index in [9.17, 15) is 8.60 Å². The van der Waals surface area contributed by atoms with Crippen molar-refractivity contribution in [3.05, 3.63) is 30.1 Å². The van der Waals surface area contributed by atoms with Gasteiger partial charge in [0.15, 0.2) is 0 Å². The first kappa shape index (κ1) is 10.8. The SMILES string of the molecule is O=S(c1ccccc1F)N1CCCCC1. The maximum atomic E-state index is 13.4. The molecule has 1 unspecified atom stereocenters. The van der Waals surface area contributed by atoms with Crippen molar-refractivity contribution in [1.82, 2.24) is 4.31 Å². The van der Waals surface area contributed by atoms with Crippen molar-refractivity contribution >= 4 is 11.0 Å². The number of rotatable bonds is 2. The fourth-order valence-corrected chi connectivity index (χ4v) is 3.05. The van der Waals surface area contributed by atoms with Crippen LogP contribution in [0.5, 0.6) is 0 Å². The number of benzene rings is 1. The highest BCUT2D eigenvalue weighted by Crippen LogP contribution is 2.18. The van der Waals surface area contributed by atoms with Crippen LogP contribution in [0, 0.1) is 5.82 Å². The summed E-state index contributed by atoms with van der Waals surface area (Å²) in [6.07, 6.45) is 3.30. The second kappa shape index (κ2) is 4.86. The lowest BCUT2D eigenvalue weighted by molar-refractivity contribution is 0.364. The van der Waals surface area contributed by atoms with Crippen LogP contribution in [0.1, 0.15) is 19.3 Å². The van der Waals surface area contributed by atoms with Crippen molar-refractivity contribution in [3.8, 4) is 0 Å². The smallest absolute Gasteiger partial charge is 0.140 e. The van der Waals surface area contributed by atoms with E-state index in [4.69, 9.17) is 0 Å². The van der Waals surface area contributed by atoms with E-state index in [-0.39, 0.29) is 5.82 Å². The molecule has 1 saturated heterocycles. The summed E-state index contributed by atoms with van der Waals surface area (Å²) in [4.78, 5) is 0.305. The molecule has 1 fully saturated rings. The van der Waals surface area contributed by atoms with Gasteiger partial charge < -0.3 is 0 Å². The summed E-state index contributed by atoms with van der Waals surface area (Å²) in [6.45, 7) is 1.61. The molecule has 1 aliphatic rings. The van der Waals surface area contributed by atoms with Crippen molar-refractivity contribution in [1.29, 1.82) is 0 Å². The second-order valence-corrected chi connectivity index (χ2v) is 5.12. The molecule has 0 amide bonds. The van der Waals surface area contributed by atoms with Gasteiger partial charge in [0.25, 0.3) is 0 Å². The highest BCUT2D eigenvalue weighted by Gasteiger charge is 2.19. The molecule has 1 aliphatic heterocycles. The zero-order valence-electron chi connectivity index (χ0n) is 8.49. The Morgan fingerprint density at radius 2 is 1.80 bits per heavy atom. The monoisotopic (exact) mass is 227 g/mol. The molecule has 1 atom stereocenters. The van der Waals surface area contributed by atoms with Gasteiger partial charge in [-0.3, -0.25) is 0 Å². The molecule has 4 heteroatoms. The first-order valence-corrected chi connectivity index (χ1v) is 6.31. The largest absolute Gasteiger partial charge is 0.237 e. The van der Waals surface area contributed by atoms with Gasteiger partial charge in [0.2, 0.25) is 0 Å². The summed E-state index contributed by atoms with van der Waals surface area (Å²) in [5.41, 5.74) is 0. The van der Waals surface area contributed by atoms with E-state index >= 15 is 0 Å². The minimum Gasteiger partial charge on any atom is -0.237 e. The Hall–Kier alpha value is -0.740. The van der Waals surface area contributed by atoms with Crippen molar-refractivity contribution < 1.29 is 8.60 Å². The molecule has 0 aromatic heterocycles. The Kier molecular flexibility index (Phi) is 3.49. The van der Waals surface area contributed by atoms with E-state index in [1.54, 1.807) is 18.2 Å². The minimum absolute atomic E-state index is 0.305. The van der Waals surface area contributed by atoms with Crippen molar-refractivity contribution in [2.24, 2.45) is 0 Å². The highest BCUT2D eigenvalue weighted by atomic mass is 32.2. The highest BCUT2D eigenvalue weighted by molar-refractivity contribution is 7.82. The summed E-state index contributed by atoms with van der Waals surface area (Å²) in [5.74, 6) is -0.374. The molecule has 0 spiro atoms. The van der Waals surface area contributed by atoms with Crippen LogP contribution in [0.2, 0.25) is 0 Å². The Balaban J connectivity index is 2.16. The van der Waals surface area contributed by atoms with E-state index in [1.165, 1.54) is 12.5 Å². The number of piperidine rings is 1. The third-order valence-corrected chi connectivity index (χ3v) is 4.12. The normalized spacial score (nSPS) is 20.1. The van der Waals surface area contributed by atoms with Gasteiger partial charge in [0, 0.05) is 13.1 Å². The fraction of sp³-hybridized carbons (Fsp3) is 0.455. The Morgan fingerprint density at radius 1 is 1.13 bits per heavy atom. The van der Waals surface area contributed by atoms with E-state index in [2.05, 4.69) is 0 Å². The van der Waals surface area contributed by atoms with Gasteiger partial charge in [-0.25, -0.2) is 12.9 Å². The maximum Gasteiger partial charge on any atom is 0.140 e. The van der Waals surface area contributed by atoms with Gasteiger partial charge in [-0.15, -0.1) is 0 Å². The number of nitrogens with zero attached hydrogens (tertiary/aromatic N) is 1. The molecule has 0 bridgehead atoms. The van der Waals surface area contributed by atoms with E-state index in [1.807, 2.05) is 4.31 Å². The van der Waals surface area contributed by atoms with Crippen molar-refractivity contribution in [3.63, 3.8) is 0 Å². The molecule has 82 valence electrons. The van der Waals surface area contributed by atoms with Crippen LogP contribution >= 0.6 is 0 Å². The van der Waals surface area contributed by atoms with E-state index in [0.717, 1.165) is 25.9 Å². The third kappa shape index (κ3) is 2.44. The molecule has 2 nitrogen and oxygen atoms in total. The standard InChI is InChI=1S/C11H14FNOS/c12-10-6-2-3-7-11(10)15(14)13-8-4-1-5-9-13/h2-3,6-7H,1,4-5,8-9H2. The topological polar surface area (TPSA) is 20.3 Å². The third-order valence-electron chi connectivity index (χ3n) is 2.57. The molecule has 0 N–H and O–H groups in total. The summed E-state index contributed by atoms with van der Waals surface area (Å²) >= 11 is 0. The van der Waals surface area contributed by atoms with Gasteiger partial charge in [0.1, 0.15) is 16.8 Å². The molecular weight excluding hydrogens is 213 g/mol. The van der Waals surface area contributed by atoms with Crippen molar-refractivity contribution in [2.45, 2.75) is 24.2 Å². The quantitative estimate of drug-likeness (QED) is 0.759. The Bertz CT molecular complexity index is 363. The van der Waals surface area contributed by atoms with Crippen LogP contribution in [0.3, 0.4) is 0 Å². The molecular formula is C11H14FNOS. The van der Waals surface area contributed by atoms with E-state index < -0.39 is 11.0 Å². The summed E-state index contributed by atoms with van der Waals surface area (Å²) in [6, 6.07) is 6.30. The first-order valence-electron chi connectivity index (χ1n) is 5.20. The minimum atomic E-state index is -1.32. The van der Waals surface area contributed by atoms with Crippen LogP contribution < -0.4 is 0 Å². The lowest BCUT2D eigenvalue weighted by Gasteiger charge is -2.25. The summed E-state index contributed by atoms with van der Waals surface area (Å²) < 4.78 is 27.2. The summed E-state index contributed by atoms with van der Waals surface area (Å²) in [7, 11) is -1.32. The van der Waals surface area contributed by atoms with Gasteiger partial charge >= 0.3 is 0 Å². The Labute approximate surface area is 91.7 Å². The van der Waals surface area contributed by atoms with Crippen LogP contribution in [0.25, 0.3) is 0 Å². The van der Waals surface area contributed by atoms with Crippen LogP contribution in [0.15, 0.2) is 29.2 Å². The summed E-state index contributed by atoms with van der Waals surface area (Å²) in [5, 5.41) is 0. The number of halogens is 1. The van der Waals surface area contributed by atoms with Gasteiger partial charge in [0.05, 0.1) is 4.90 Å². The van der Waals surface area contributed by atoms with Crippen molar-refractivity contribution in [2.75, 3.05) is 13.1 Å². The fourth-order valence-electron chi connectivity index (χ4n) is 1.76. The number of hydrogen-bond donors (Lipinski definition) is 0. The Morgan fingerprint density at radius 3 is 2.47 bits per heavy atom. The van der Waals surface area contributed by atoms with Crippen LogP contribution in [-0.4, -0.2) is 21.6 Å². The zero-order chi connectivity index (χ0) is 10.7. The predicted octanol–water partition coefficient (Wildman–Crippen LogP) is 2.33. The van der Waals surface area contributed by atoms with Gasteiger partial charge in [-0.2, -0.15) is 0 Å². The molecule has 0 aliphatic carbocycles.